The summed E-state index contributed by atoms with van der Waals surface area (Å²) in [5.74, 6) is 1.44. The first-order chi connectivity index (χ1) is 11.2. The van der Waals surface area contributed by atoms with Gasteiger partial charge in [0, 0.05) is 11.6 Å². The third kappa shape index (κ3) is 3.94. The minimum atomic E-state index is -0.196. The predicted octanol–water partition coefficient (Wildman–Crippen LogP) is 2.21. The van der Waals surface area contributed by atoms with Gasteiger partial charge in [0.15, 0.2) is 0 Å². The van der Waals surface area contributed by atoms with Gasteiger partial charge in [-0.3, -0.25) is 4.79 Å². The number of benzene rings is 1. The summed E-state index contributed by atoms with van der Waals surface area (Å²) in [6.07, 6.45) is 3.58. The third-order valence-electron chi connectivity index (χ3n) is 3.68. The topological polar surface area (TPSA) is 89.0 Å². The van der Waals surface area contributed by atoms with E-state index in [1.54, 1.807) is 13.3 Å². The number of nitrogens with zero attached hydrogens (tertiary/aromatic N) is 3. The second-order valence-electron chi connectivity index (χ2n) is 5.56. The van der Waals surface area contributed by atoms with E-state index in [2.05, 4.69) is 25.8 Å². The average molecular weight is 313 g/mol. The molecule has 1 unspecified atom stereocenters. The van der Waals surface area contributed by atoms with Gasteiger partial charge < -0.3 is 15.4 Å². The molecule has 7 heteroatoms. The Kier molecular flexibility index (Phi) is 4.36. The first-order valence-electron chi connectivity index (χ1n) is 7.57. The zero-order chi connectivity index (χ0) is 16.2. The molecular formula is C16H19N5O2. The minimum Gasteiger partial charge on any atom is -0.497 e. The Hall–Kier alpha value is -2.70. The van der Waals surface area contributed by atoms with E-state index in [9.17, 15) is 4.79 Å². The van der Waals surface area contributed by atoms with Crippen LogP contribution in [0.2, 0.25) is 0 Å². The maximum absolute atomic E-state index is 11.7. The number of nitrogens with one attached hydrogen (secondary N) is 2. The Morgan fingerprint density at radius 3 is 2.57 bits per heavy atom. The number of anilines is 2. The van der Waals surface area contributed by atoms with Crippen LogP contribution in [-0.4, -0.2) is 28.2 Å². The van der Waals surface area contributed by atoms with Crippen molar-refractivity contribution >= 4 is 17.5 Å². The maximum Gasteiger partial charge on any atom is 0.247 e. The summed E-state index contributed by atoms with van der Waals surface area (Å²) in [4.78, 5) is 16.0. The number of carbonyl (C=O) groups excluding carboxylic acids is 1. The van der Waals surface area contributed by atoms with Gasteiger partial charge >= 0.3 is 0 Å². The van der Waals surface area contributed by atoms with E-state index in [-0.39, 0.29) is 17.9 Å². The second kappa shape index (κ2) is 6.60. The summed E-state index contributed by atoms with van der Waals surface area (Å²) in [5.41, 5.74) is 1.48. The number of carbonyl (C=O) groups is 1. The van der Waals surface area contributed by atoms with Crippen molar-refractivity contribution in [3.8, 4) is 5.75 Å². The molecule has 1 aliphatic carbocycles. The minimum absolute atomic E-state index is 0.0831. The summed E-state index contributed by atoms with van der Waals surface area (Å²) in [6.45, 7) is 1.88. The predicted molar refractivity (Wildman–Crippen MR) is 85.4 cm³/mol. The van der Waals surface area contributed by atoms with Crippen LogP contribution in [0.5, 0.6) is 5.75 Å². The summed E-state index contributed by atoms with van der Waals surface area (Å²) < 4.78 is 5.11. The Morgan fingerprint density at radius 2 is 2.00 bits per heavy atom. The Balaban J connectivity index is 1.60. The number of ether oxygens (including phenoxy) is 1. The fourth-order valence-electron chi connectivity index (χ4n) is 2.09. The fourth-order valence-corrected chi connectivity index (χ4v) is 2.09. The van der Waals surface area contributed by atoms with Gasteiger partial charge in [-0.1, -0.05) is 0 Å². The highest BCUT2D eigenvalue weighted by Gasteiger charge is 2.30. The Labute approximate surface area is 134 Å². The molecule has 1 amide bonds. The van der Waals surface area contributed by atoms with Crippen molar-refractivity contribution in [2.45, 2.75) is 25.8 Å². The van der Waals surface area contributed by atoms with E-state index in [1.165, 1.54) is 0 Å². The largest absolute Gasteiger partial charge is 0.497 e. The van der Waals surface area contributed by atoms with Crippen molar-refractivity contribution in [2.24, 2.45) is 5.92 Å². The molecule has 1 aromatic heterocycles. The number of amides is 1. The molecule has 23 heavy (non-hydrogen) atoms. The van der Waals surface area contributed by atoms with Crippen LogP contribution in [0.25, 0.3) is 0 Å². The van der Waals surface area contributed by atoms with Crippen molar-refractivity contribution in [2.75, 3.05) is 12.4 Å². The van der Waals surface area contributed by atoms with Crippen molar-refractivity contribution in [1.29, 1.82) is 0 Å². The highest BCUT2D eigenvalue weighted by molar-refractivity contribution is 5.81. The fraction of sp³-hybridized carbons (Fsp3) is 0.375. The second-order valence-corrected chi connectivity index (χ2v) is 5.56. The lowest BCUT2D eigenvalue weighted by Crippen LogP contribution is -2.28. The van der Waals surface area contributed by atoms with Gasteiger partial charge in [-0.15, -0.1) is 10.2 Å². The van der Waals surface area contributed by atoms with Crippen LogP contribution >= 0.6 is 0 Å². The van der Waals surface area contributed by atoms with Crippen LogP contribution in [-0.2, 0) is 4.79 Å². The van der Waals surface area contributed by atoms with Crippen LogP contribution in [0.3, 0.4) is 0 Å². The SMILES string of the molecule is COc1ccc(Nc2ncc(C(C)NC(=O)C3CC3)nn2)cc1. The van der Waals surface area contributed by atoms with Crippen molar-refractivity contribution in [1.82, 2.24) is 20.5 Å². The highest BCUT2D eigenvalue weighted by atomic mass is 16.5. The molecular weight excluding hydrogens is 294 g/mol. The van der Waals surface area contributed by atoms with Gasteiger partial charge in [-0.2, -0.15) is 0 Å². The first-order valence-corrected chi connectivity index (χ1v) is 7.57. The van der Waals surface area contributed by atoms with Gasteiger partial charge in [-0.05, 0) is 44.0 Å². The van der Waals surface area contributed by atoms with Gasteiger partial charge in [0.2, 0.25) is 11.9 Å². The molecule has 2 N–H and O–H groups in total. The van der Waals surface area contributed by atoms with Crippen molar-refractivity contribution in [3.63, 3.8) is 0 Å². The van der Waals surface area contributed by atoms with Crippen LogP contribution in [0.15, 0.2) is 30.5 Å². The lowest BCUT2D eigenvalue weighted by molar-refractivity contribution is -0.122. The summed E-state index contributed by atoms with van der Waals surface area (Å²) >= 11 is 0. The molecule has 0 radical (unpaired) electrons. The summed E-state index contributed by atoms with van der Waals surface area (Å²) in [5, 5.41) is 14.2. The number of aromatic nitrogens is 3. The molecule has 1 aliphatic rings. The number of methoxy groups -OCH3 is 1. The smallest absolute Gasteiger partial charge is 0.247 e. The molecule has 1 heterocycles. The third-order valence-corrected chi connectivity index (χ3v) is 3.68. The lowest BCUT2D eigenvalue weighted by atomic mass is 10.2. The van der Waals surface area contributed by atoms with Crippen LogP contribution in [0, 0.1) is 5.92 Å². The zero-order valence-electron chi connectivity index (χ0n) is 13.1. The molecule has 7 nitrogen and oxygen atoms in total. The highest BCUT2D eigenvalue weighted by Crippen LogP contribution is 2.29. The molecule has 1 aromatic carbocycles. The van der Waals surface area contributed by atoms with E-state index in [1.807, 2.05) is 31.2 Å². The molecule has 1 atom stereocenters. The number of hydrogen-bond donors (Lipinski definition) is 2. The molecule has 120 valence electrons. The van der Waals surface area contributed by atoms with Gasteiger partial charge in [0.1, 0.15) is 11.4 Å². The van der Waals surface area contributed by atoms with E-state index in [0.29, 0.717) is 11.6 Å². The lowest BCUT2D eigenvalue weighted by Gasteiger charge is -2.12. The van der Waals surface area contributed by atoms with Crippen LogP contribution < -0.4 is 15.4 Å². The summed E-state index contributed by atoms with van der Waals surface area (Å²) in [6, 6.07) is 7.24. The Bertz CT molecular complexity index is 668. The van der Waals surface area contributed by atoms with Gasteiger partial charge in [0.25, 0.3) is 0 Å². The quantitative estimate of drug-likeness (QED) is 0.850. The van der Waals surface area contributed by atoms with E-state index in [0.717, 1.165) is 24.3 Å². The summed E-state index contributed by atoms with van der Waals surface area (Å²) in [7, 11) is 1.62. The first kappa shape index (κ1) is 15.2. The number of rotatable bonds is 6. The zero-order valence-corrected chi connectivity index (χ0v) is 13.1. The molecule has 0 saturated heterocycles. The molecule has 0 bridgehead atoms. The molecule has 0 spiro atoms. The average Bonchev–Trinajstić information content (AvgIpc) is 3.41. The van der Waals surface area contributed by atoms with E-state index in [4.69, 9.17) is 4.74 Å². The van der Waals surface area contributed by atoms with Crippen molar-refractivity contribution in [3.05, 3.63) is 36.2 Å². The standard InChI is InChI=1S/C16H19N5O2/c1-10(18-15(22)11-3-4-11)14-9-17-16(21-20-14)19-12-5-7-13(23-2)8-6-12/h5-11H,3-4H2,1-2H3,(H,18,22)(H,17,19,21). The molecule has 1 fully saturated rings. The Morgan fingerprint density at radius 1 is 1.26 bits per heavy atom. The maximum atomic E-state index is 11.7. The molecule has 0 aliphatic heterocycles. The van der Waals surface area contributed by atoms with Crippen LogP contribution in [0.4, 0.5) is 11.6 Å². The molecule has 1 saturated carbocycles. The monoisotopic (exact) mass is 313 g/mol. The molecule has 3 rings (SSSR count). The van der Waals surface area contributed by atoms with Crippen LogP contribution in [0.1, 0.15) is 31.5 Å². The molecule has 2 aromatic rings. The van der Waals surface area contributed by atoms with E-state index < -0.39 is 0 Å². The van der Waals surface area contributed by atoms with Gasteiger partial charge in [0.05, 0.1) is 19.3 Å². The normalized spacial score (nSPS) is 14.9. The number of hydrogen-bond acceptors (Lipinski definition) is 6. The van der Waals surface area contributed by atoms with E-state index >= 15 is 0 Å². The van der Waals surface area contributed by atoms with Gasteiger partial charge in [-0.25, -0.2) is 4.98 Å². The van der Waals surface area contributed by atoms with Crippen molar-refractivity contribution < 1.29 is 9.53 Å².